The summed E-state index contributed by atoms with van der Waals surface area (Å²) in [6.45, 7) is 0.272. The van der Waals surface area contributed by atoms with E-state index in [4.69, 9.17) is 14.6 Å². The third-order valence-corrected chi connectivity index (χ3v) is 1.85. The van der Waals surface area contributed by atoms with Crippen LogP contribution in [-0.4, -0.2) is 31.1 Å². The van der Waals surface area contributed by atoms with E-state index in [0.717, 1.165) is 0 Å². The summed E-state index contributed by atoms with van der Waals surface area (Å²) in [4.78, 5) is 10.4. The van der Waals surface area contributed by atoms with Gasteiger partial charge in [-0.05, 0) is 12.8 Å². The van der Waals surface area contributed by atoms with Gasteiger partial charge in [-0.15, -0.1) is 0 Å². The minimum Gasteiger partial charge on any atom is -0.481 e. The zero-order chi connectivity index (χ0) is 8.27. The van der Waals surface area contributed by atoms with E-state index in [1.54, 1.807) is 7.11 Å². The van der Waals surface area contributed by atoms with Crippen molar-refractivity contribution >= 4 is 5.97 Å². The van der Waals surface area contributed by atoms with Gasteiger partial charge in [-0.2, -0.15) is 0 Å². The van der Waals surface area contributed by atoms with Gasteiger partial charge in [-0.3, -0.25) is 4.79 Å². The van der Waals surface area contributed by atoms with Crippen LogP contribution in [-0.2, 0) is 14.3 Å². The standard InChI is InChI=1S/C7H12O4/c1-10-6-3-2-5(4-11-6)7(8)9/h5-6H,2-4H2,1H3,(H,8,9)/t5-,6-/m1/s1. The molecule has 0 bridgehead atoms. The van der Waals surface area contributed by atoms with Crippen LogP contribution < -0.4 is 0 Å². The maximum Gasteiger partial charge on any atom is 0.308 e. The van der Waals surface area contributed by atoms with Gasteiger partial charge in [-0.1, -0.05) is 0 Å². The van der Waals surface area contributed by atoms with Gasteiger partial charge in [0.1, 0.15) is 0 Å². The third kappa shape index (κ3) is 2.17. The first kappa shape index (κ1) is 8.49. The lowest BCUT2D eigenvalue weighted by molar-refractivity contribution is -0.174. The van der Waals surface area contributed by atoms with E-state index < -0.39 is 5.97 Å². The van der Waals surface area contributed by atoms with E-state index in [1.165, 1.54) is 0 Å². The fourth-order valence-electron chi connectivity index (χ4n) is 1.11. The van der Waals surface area contributed by atoms with Crippen molar-refractivity contribution in [2.24, 2.45) is 5.92 Å². The Balaban J connectivity index is 2.30. The molecule has 1 fully saturated rings. The number of carbonyl (C=O) groups is 1. The average Bonchev–Trinajstić information content (AvgIpc) is 2.05. The molecule has 1 aliphatic rings. The Hall–Kier alpha value is -0.610. The molecule has 0 unspecified atom stereocenters. The number of carboxylic acids is 1. The molecule has 0 amide bonds. The van der Waals surface area contributed by atoms with Crippen LogP contribution in [0.25, 0.3) is 0 Å². The number of hydrogen-bond acceptors (Lipinski definition) is 3. The number of methoxy groups -OCH3 is 1. The lowest BCUT2D eigenvalue weighted by atomic mass is 10.0. The second-order valence-corrected chi connectivity index (χ2v) is 2.61. The zero-order valence-electron chi connectivity index (χ0n) is 6.45. The molecular formula is C7H12O4. The maximum absolute atomic E-state index is 10.4. The first-order valence-corrected chi connectivity index (χ1v) is 3.61. The van der Waals surface area contributed by atoms with Crippen molar-refractivity contribution in [3.8, 4) is 0 Å². The second kappa shape index (κ2) is 3.69. The molecule has 0 spiro atoms. The molecule has 64 valence electrons. The molecule has 1 N–H and O–H groups in total. The molecule has 0 aromatic rings. The van der Waals surface area contributed by atoms with Crippen molar-refractivity contribution in [1.82, 2.24) is 0 Å². The summed E-state index contributed by atoms with van der Waals surface area (Å²) in [5.41, 5.74) is 0. The van der Waals surface area contributed by atoms with Gasteiger partial charge in [0.15, 0.2) is 6.29 Å². The summed E-state index contributed by atoms with van der Waals surface area (Å²) in [5, 5.41) is 8.58. The van der Waals surface area contributed by atoms with Crippen molar-refractivity contribution < 1.29 is 19.4 Å². The van der Waals surface area contributed by atoms with Gasteiger partial charge in [0.25, 0.3) is 0 Å². The Kier molecular flexibility index (Phi) is 2.84. The van der Waals surface area contributed by atoms with Crippen LogP contribution in [0.1, 0.15) is 12.8 Å². The first-order chi connectivity index (χ1) is 5.24. The van der Waals surface area contributed by atoms with Crippen molar-refractivity contribution in [3.05, 3.63) is 0 Å². The van der Waals surface area contributed by atoms with Gasteiger partial charge < -0.3 is 14.6 Å². The van der Waals surface area contributed by atoms with Crippen LogP contribution in [0.15, 0.2) is 0 Å². The highest BCUT2D eigenvalue weighted by atomic mass is 16.7. The molecule has 4 heteroatoms. The van der Waals surface area contributed by atoms with E-state index in [0.29, 0.717) is 12.8 Å². The van der Waals surface area contributed by atoms with Gasteiger partial charge >= 0.3 is 5.97 Å². The monoisotopic (exact) mass is 160 g/mol. The van der Waals surface area contributed by atoms with Crippen molar-refractivity contribution in [3.63, 3.8) is 0 Å². The molecular weight excluding hydrogens is 148 g/mol. The lowest BCUT2D eigenvalue weighted by Gasteiger charge is -2.25. The minimum absolute atomic E-state index is 0.203. The molecule has 1 heterocycles. The highest BCUT2D eigenvalue weighted by Gasteiger charge is 2.25. The summed E-state index contributed by atoms with van der Waals surface area (Å²) < 4.78 is 10.0. The number of rotatable bonds is 2. The van der Waals surface area contributed by atoms with E-state index in [1.807, 2.05) is 0 Å². The molecule has 0 aliphatic carbocycles. The van der Waals surface area contributed by atoms with Crippen LogP contribution in [0.5, 0.6) is 0 Å². The van der Waals surface area contributed by atoms with Gasteiger partial charge in [0, 0.05) is 7.11 Å². The summed E-state index contributed by atoms with van der Waals surface area (Å²) in [5.74, 6) is -1.12. The quantitative estimate of drug-likeness (QED) is 0.638. The van der Waals surface area contributed by atoms with Crippen LogP contribution >= 0.6 is 0 Å². The van der Waals surface area contributed by atoms with Gasteiger partial charge in [-0.25, -0.2) is 0 Å². The van der Waals surface area contributed by atoms with Crippen molar-refractivity contribution in [2.75, 3.05) is 13.7 Å². The highest BCUT2D eigenvalue weighted by Crippen LogP contribution is 2.18. The molecule has 1 aliphatic heterocycles. The number of ether oxygens (including phenoxy) is 2. The summed E-state index contributed by atoms with van der Waals surface area (Å²) in [7, 11) is 1.56. The third-order valence-electron chi connectivity index (χ3n) is 1.85. The summed E-state index contributed by atoms with van der Waals surface area (Å²) >= 11 is 0. The molecule has 1 saturated heterocycles. The molecule has 0 radical (unpaired) electrons. The predicted octanol–water partition coefficient (Wildman–Crippen LogP) is 0.470. The molecule has 0 aromatic carbocycles. The van der Waals surface area contributed by atoms with Crippen LogP contribution in [0.4, 0.5) is 0 Å². The zero-order valence-corrected chi connectivity index (χ0v) is 6.45. The largest absolute Gasteiger partial charge is 0.481 e. The molecule has 0 saturated carbocycles. The molecule has 4 nitrogen and oxygen atoms in total. The fourth-order valence-corrected chi connectivity index (χ4v) is 1.11. The Morgan fingerprint density at radius 3 is 2.73 bits per heavy atom. The highest BCUT2D eigenvalue weighted by molar-refractivity contribution is 5.70. The van der Waals surface area contributed by atoms with E-state index in [2.05, 4.69) is 0 Å². The lowest BCUT2D eigenvalue weighted by Crippen LogP contribution is -2.31. The average molecular weight is 160 g/mol. The fraction of sp³-hybridized carbons (Fsp3) is 0.857. The Bertz CT molecular complexity index is 137. The molecule has 11 heavy (non-hydrogen) atoms. The minimum atomic E-state index is -0.778. The topological polar surface area (TPSA) is 55.8 Å². The Morgan fingerprint density at radius 1 is 1.64 bits per heavy atom. The number of carboxylic acid groups (broad SMARTS) is 1. The summed E-state index contributed by atoms with van der Waals surface area (Å²) in [6, 6.07) is 0. The Morgan fingerprint density at radius 2 is 2.36 bits per heavy atom. The van der Waals surface area contributed by atoms with E-state index in [9.17, 15) is 4.79 Å². The SMILES string of the molecule is CO[C@H]1CC[C@@H](C(=O)O)CO1. The summed E-state index contributed by atoms with van der Waals surface area (Å²) in [6.07, 6.45) is 1.12. The second-order valence-electron chi connectivity index (χ2n) is 2.61. The van der Waals surface area contributed by atoms with Crippen molar-refractivity contribution in [1.29, 1.82) is 0 Å². The number of aliphatic carboxylic acids is 1. The van der Waals surface area contributed by atoms with Crippen LogP contribution in [0.3, 0.4) is 0 Å². The first-order valence-electron chi connectivity index (χ1n) is 3.61. The van der Waals surface area contributed by atoms with E-state index in [-0.39, 0.29) is 18.8 Å². The predicted molar refractivity (Wildman–Crippen MR) is 37.1 cm³/mol. The Labute approximate surface area is 65.1 Å². The molecule has 1 rings (SSSR count). The van der Waals surface area contributed by atoms with Crippen LogP contribution in [0, 0.1) is 5.92 Å². The van der Waals surface area contributed by atoms with Gasteiger partial charge in [0.2, 0.25) is 0 Å². The van der Waals surface area contributed by atoms with Crippen molar-refractivity contribution in [2.45, 2.75) is 19.1 Å². The maximum atomic E-state index is 10.4. The molecule has 2 atom stereocenters. The normalized spacial score (nSPS) is 31.7. The smallest absolute Gasteiger partial charge is 0.308 e. The number of hydrogen-bond donors (Lipinski definition) is 1. The molecule has 0 aromatic heterocycles. The van der Waals surface area contributed by atoms with E-state index >= 15 is 0 Å². The van der Waals surface area contributed by atoms with Crippen LogP contribution in [0.2, 0.25) is 0 Å². The van der Waals surface area contributed by atoms with Gasteiger partial charge in [0.05, 0.1) is 12.5 Å².